The van der Waals surface area contributed by atoms with Crippen molar-refractivity contribution in [2.24, 2.45) is 0 Å². The molecule has 7 heteroatoms. The maximum atomic E-state index is 12.3. The van der Waals surface area contributed by atoms with Gasteiger partial charge in [0.15, 0.2) is 0 Å². The zero-order valence-corrected chi connectivity index (χ0v) is 13.6. The number of hydrogen-bond donors (Lipinski definition) is 1. The third-order valence-corrected chi connectivity index (χ3v) is 4.71. The van der Waals surface area contributed by atoms with E-state index in [9.17, 15) is 8.42 Å². The first-order valence-corrected chi connectivity index (χ1v) is 8.20. The van der Waals surface area contributed by atoms with Crippen molar-refractivity contribution in [3.8, 4) is 5.75 Å². The van der Waals surface area contributed by atoms with Crippen LogP contribution in [-0.4, -0.2) is 15.5 Å². The molecular formula is C13H11BrClNO3S. The second-order valence-electron chi connectivity index (χ2n) is 3.91. The van der Waals surface area contributed by atoms with Crippen LogP contribution < -0.4 is 9.46 Å². The van der Waals surface area contributed by atoms with E-state index in [-0.39, 0.29) is 10.6 Å². The van der Waals surface area contributed by atoms with Crippen LogP contribution in [0.3, 0.4) is 0 Å². The van der Waals surface area contributed by atoms with Gasteiger partial charge in [0.2, 0.25) is 0 Å². The van der Waals surface area contributed by atoms with Crippen molar-refractivity contribution in [3.63, 3.8) is 0 Å². The Kier molecular flexibility index (Phi) is 4.57. The summed E-state index contributed by atoms with van der Waals surface area (Å²) >= 11 is 9.23. The predicted molar refractivity (Wildman–Crippen MR) is 83.0 cm³/mol. The van der Waals surface area contributed by atoms with Crippen molar-refractivity contribution in [1.82, 2.24) is 0 Å². The Balaban J connectivity index is 2.38. The Morgan fingerprint density at radius 3 is 2.60 bits per heavy atom. The number of nitrogens with one attached hydrogen (secondary N) is 1. The second kappa shape index (κ2) is 6.03. The molecule has 4 nitrogen and oxygen atoms in total. The molecule has 106 valence electrons. The molecule has 0 aliphatic carbocycles. The second-order valence-corrected chi connectivity index (χ2v) is 6.91. The fourth-order valence-corrected chi connectivity index (χ4v) is 3.44. The van der Waals surface area contributed by atoms with Crippen LogP contribution in [-0.2, 0) is 10.0 Å². The number of halogens is 2. The predicted octanol–water partition coefficient (Wildman–Crippen LogP) is 3.91. The molecule has 0 bridgehead atoms. The Morgan fingerprint density at radius 2 is 1.95 bits per heavy atom. The minimum absolute atomic E-state index is 0.144. The minimum Gasteiger partial charge on any atom is -0.497 e. The molecule has 0 fully saturated rings. The van der Waals surface area contributed by atoms with Gasteiger partial charge in [-0.05, 0) is 30.3 Å². The van der Waals surface area contributed by atoms with E-state index in [1.807, 2.05) is 0 Å². The molecule has 0 radical (unpaired) electrons. The highest BCUT2D eigenvalue weighted by molar-refractivity contribution is 9.10. The average Bonchev–Trinajstić information content (AvgIpc) is 2.41. The summed E-state index contributed by atoms with van der Waals surface area (Å²) in [5.74, 6) is 0.515. The van der Waals surface area contributed by atoms with Crippen LogP contribution in [0.25, 0.3) is 0 Å². The number of ether oxygens (including phenoxy) is 1. The molecule has 0 aliphatic rings. The summed E-state index contributed by atoms with van der Waals surface area (Å²) < 4.78 is 32.7. The standard InChI is InChI=1S/C13H11BrClNO3S/c1-19-10-5-6-12(15)13(8-10)16-20(17,18)11-4-2-3-9(14)7-11/h2-8,16H,1H3. The van der Waals surface area contributed by atoms with Gasteiger partial charge >= 0.3 is 0 Å². The lowest BCUT2D eigenvalue weighted by molar-refractivity contribution is 0.415. The average molecular weight is 377 g/mol. The van der Waals surface area contributed by atoms with Crippen LogP contribution in [0.4, 0.5) is 5.69 Å². The van der Waals surface area contributed by atoms with E-state index in [1.54, 1.807) is 24.3 Å². The maximum absolute atomic E-state index is 12.3. The van der Waals surface area contributed by atoms with E-state index in [0.29, 0.717) is 15.2 Å². The molecule has 0 heterocycles. The SMILES string of the molecule is COc1ccc(Cl)c(NS(=O)(=O)c2cccc(Br)c2)c1. The molecule has 0 spiro atoms. The van der Waals surface area contributed by atoms with Gasteiger partial charge in [0.1, 0.15) is 5.75 Å². The monoisotopic (exact) mass is 375 g/mol. The minimum atomic E-state index is -3.70. The Hall–Kier alpha value is -1.24. The van der Waals surface area contributed by atoms with Gasteiger partial charge in [0, 0.05) is 10.5 Å². The van der Waals surface area contributed by atoms with E-state index in [2.05, 4.69) is 20.7 Å². The molecule has 0 saturated carbocycles. The molecule has 2 aromatic rings. The summed E-state index contributed by atoms with van der Waals surface area (Å²) in [6.07, 6.45) is 0. The lowest BCUT2D eigenvalue weighted by Gasteiger charge is -2.11. The first kappa shape index (κ1) is 15.2. The van der Waals surface area contributed by atoms with E-state index in [1.165, 1.54) is 25.3 Å². The summed E-state index contributed by atoms with van der Waals surface area (Å²) in [6, 6.07) is 11.2. The molecule has 0 aliphatic heterocycles. The molecule has 0 amide bonds. The fraction of sp³-hybridized carbons (Fsp3) is 0.0769. The summed E-state index contributed by atoms with van der Waals surface area (Å²) in [7, 11) is -2.21. The van der Waals surface area contributed by atoms with Gasteiger partial charge in [0.05, 0.1) is 22.7 Å². The van der Waals surface area contributed by atoms with E-state index >= 15 is 0 Å². The normalized spacial score (nSPS) is 11.2. The number of sulfonamides is 1. The van der Waals surface area contributed by atoms with Gasteiger partial charge in [-0.3, -0.25) is 4.72 Å². The van der Waals surface area contributed by atoms with Crippen molar-refractivity contribution in [3.05, 3.63) is 52.0 Å². The van der Waals surface area contributed by atoms with E-state index in [4.69, 9.17) is 16.3 Å². The first-order valence-electron chi connectivity index (χ1n) is 5.54. The van der Waals surface area contributed by atoms with Crippen LogP contribution in [0.15, 0.2) is 51.8 Å². The topological polar surface area (TPSA) is 55.4 Å². The van der Waals surface area contributed by atoms with Gasteiger partial charge in [-0.2, -0.15) is 0 Å². The fourth-order valence-electron chi connectivity index (χ4n) is 1.55. The zero-order valence-electron chi connectivity index (χ0n) is 10.4. The van der Waals surface area contributed by atoms with Crippen molar-refractivity contribution >= 4 is 43.2 Å². The molecular weight excluding hydrogens is 366 g/mol. The summed E-state index contributed by atoms with van der Waals surface area (Å²) in [5, 5.41) is 0.296. The molecule has 2 rings (SSSR count). The highest BCUT2D eigenvalue weighted by Gasteiger charge is 2.16. The largest absolute Gasteiger partial charge is 0.497 e. The van der Waals surface area contributed by atoms with Crippen molar-refractivity contribution in [2.45, 2.75) is 4.90 Å². The Bertz CT molecular complexity index is 734. The van der Waals surface area contributed by atoms with Gasteiger partial charge < -0.3 is 4.74 Å². The number of hydrogen-bond acceptors (Lipinski definition) is 3. The highest BCUT2D eigenvalue weighted by Crippen LogP contribution is 2.29. The van der Waals surface area contributed by atoms with Crippen molar-refractivity contribution < 1.29 is 13.2 Å². The van der Waals surface area contributed by atoms with Gasteiger partial charge in [-0.15, -0.1) is 0 Å². The van der Waals surface area contributed by atoms with Gasteiger partial charge in [-0.25, -0.2) is 8.42 Å². The Labute approximate surface area is 130 Å². The van der Waals surface area contributed by atoms with Crippen LogP contribution in [0, 0.1) is 0 Å². The third-order valence-electron chi connectivity index (χ3n) is 2.52. The summed E-state index contributed by atoms with van der Waals surface area (Å²) in [6.45, 7) is 0. The smallest absolute Gasteiger partial charge is 0.261 e. The highest BCUT2D eigenvalue weighted by atomic mass is 79.9. The number of rotatable bonds is 4. The van der Waals surface area contributed by atoms with E-state index in [0.717, 1.165) is 0 Å². The van der Waals surface area contributed by atoms with E-state index < -0.39 is 10.0 Å². The molecule has 0 atom stereocenters. The molecule has 0 saturated heterocycles. The van der Waals surface area contributed by atoms with Crippen LogP contribution in [0.5, 0.6) is 5.75 Å². The van der Waals surface area contributed by atoms with Crippen molar-refractivity contribution in [1.29, 1.82) is 0 Å². The molecule has 20 heavy (non-hydrogen) atoms. The van der Waals surface area contributed by atoms with Crippen molar-refractivity contribution in [2.75, 3.05) is 11.8 Å². The lowest BCUT2D eigenvalue weighted by atomic mass is 10.3. The molecule has 0 aromatic heterocycles. The molecule has 2 aromatic carbocycles. The number of anilines is 1. The first-order chi connectivity index (χ1) is 9.42. The van der Waals surface area contributed by atoms with Crippen LogP contribution >= 0.6 is 27.5 Å². The maximum Gasteiger partial charge on any atom is 0.261 e. The van der Waals surface area contributed by atoms with Gasteiger partial charge in [0.25, 0.3) is 10.0 Å². The zero-order chi connectivity index (χ0) is 14.8. The van der Waals surface area contributed by atoms with Gasteiger partial charge in [-0.1, -0.05) is 33.6 Å². The quantitative estimate of drug-likeness (QED) is 0.880. The third kappa shape index (κ3) is 3.45. The Morgan fingerprint density at radius 1 is 1.20 bits per heavy atom. The molecule has 1 N–H and O–H groups in total. The number of methoxy groups -OCH3 is 1. The number of benzene rings is 2. The lowest BCUT2D eigenvalue weighted by Crippen LogP contribution is -2.13. The summed E-state index contributed by atoms with van der Waals surface area (Å²) in [5.41, 5.74) is 0.269. The molecule has 0 unspecified atom stereocenters. The van der Waals surface area contributed by atoms with Crippen LogP contribution in [0.2, 0.25) is 5.02 Å². The summed E-state index contributed by atoms with van der Waals surface area (Å²) in [4.78, 5) is 0.144. The van der Waals surface area contributed by atoms with Crippen LogP contribution in [0.1, 0.15) is 0 Å².